The molecule has 0 unspecified atom stereocenters. The molecular formula is C16H23N3O5S. The molecule has 0 radical (unpaired) electrons. The summed E-state index contributed by atoms with van der Waals surface area (Å²) in [4.78, 5) is 27.5. The zero-order valence-corrected chi connectivity index (χ0v) is 15.4. The molecule has 1 saturated heterocycles. The molecule has 1 aromatic rings. The SMILES string of the molecule is CCOC(=O)N1CCN(C(=O)c2ccc(NS(C)(=O)=O)c(C)c2)CC1. The number of hydrogen-bond acceptors (Lipinski definition) is 5. The first-order chi connectivity index (χ1) is 11.7. The van der Waals surface area contributed by atoms with E-state index in [1.807, 2.05) is 0 Å². The summed E-state index contributed by atoms with van der Waals surface area (Å²) in [5, 5.41) is 0. The summed E-state index contributed by atoms with van der Waals surface area (Å²) in [6.45, 7) is 5.53. The Morgan fingerprint density at radius 3 is 2.28 bits per heavy atom. The Labute approximate surface area is 147 Å². The van der Waals surface area contributed by atoms with Crippen LogP contribution in [0.1, 0.15) is 22.8 Å². The minimum absolute atomic E-state index is 0.141. The number of rotatable bonds is 4. The lowest BCUT2D eigenvalue weighted by molar-refractivity contribution is 0.0570. The van der Waals surface area contributed by atoms with E-state index in [1.165, 1.54) is 0 Å². The number of carbonyl (C=O) groups excluding carboxylic acids is 2. The molecule has 1 N–H and O–H groups in total. The maximum atomic E-state index is 12.6. The summed E-state index contributed by atoms with van der Waals surface area (Å²) < 4.78 is 30.0. The van der Waals surface area contributed by atoms with Crippen molar-refractivity contribution in [3.8, 4) is 0 Å². The molecule has 0 aliphatic carbocycles. The fourth-order valence-electron chi connectivity index (χ4n) is 2.60. The molecule has 138 valence electrons. The van der Waals surface area contributed by atoms with Crippen LogP contribution in [0.4, 0.5) is 10.5 Å². The van der Waals surface area contributed by atoms with Crippen molar-refractivity contribution < 1.29 is 22.7 Å². The first kappa shape index (κ1) is 19.0. The highest BCUT2D eigenvalue weighted by Crippen LogP contribution is 2.19. The average molecular weight is 369 g/mol. The fraction of sp³-hybridized carbons (Fsp3) is 0.500. The molecule has 0 aromatic heterocycles. The monoisotopic (exact) mass is 369 g/mol. The van der Waals surface area contributed by atoms with Gasteiger partial charge in [-0.2, -0.15) is 0 Å². The summed E-state index contributed by atoms with van der Waals surface area (Å²) in [6.07, 6.45) is 0.718. The normalized spacial score (nSPS) is 15.0. The molecule has 1 fully saturated rings. The van der Waals surface area contributed by atoms with Crippen molar-refractivity contribution >= 4 is 27.7 Å². The molecule has 0 spiro atoms. The van der Waals surface area contributed by atoms with Crippen molar-refractivity contribution in [2.24, 2.45) is 0 Å². The lowest BCUT2D eigenvalue weighted by Gasteiger charge is -2.34. The van der Waals surface area contributed by atoms with Gasteiger partial charge in [0.1, 0.15) is 0 Å². The van der Waals surface area contributed by atoms with E-state index < -0.39 is 10.0 Å². The molecule has 25 heavy (non-hydrogen) atoms. The fourth-order valence-corrected chi connectivity index (χ4v) is 3.23. The summed E-state index contributed by atoms with van der Waals surface area (Å²) >= 11 is 0. The van der Waals surface area contributed by atoms with Gasteiger partial charge in [-0.15, -0.1) is 0 Å². The van der Waals surface area contributed by atoms with E-state index in [9.17, 15) is 18.0 Å². The molecular weight excluding hydrogens is 346 g/mol. The summed E-state index contributed by atoms with van der Waals surface area (Å²) in [6, 6.07) is 4.84. The first-order valence-electron chi connectivity index (χ1n) is 8.00. The second kappa shape index (κ2) is 7.73. The molecule has 0 bridgehead atoms. The first-order valence-corrected chi connectivity index (χ1v) is 9.90. The van der Waals surface area contributed by atoms with Gasteiger partial charge in [0.05, 0.1) is 18.6 Å². The van der Waals surface area contributed by atoms with Crippen LogP contribution in [-0.4, -0.2) is 69.3 Å². The molecule has 0 saturated carbocycles. The lowest BCUT2D eigenvalue weighted by Crippen LogP contribution is -2.50. The number of nitrogens with zero attached hydrogens (tertiary/aromatic N) is 2. The topological polar surface area (TPSA) is 96.0 Å². The third kappa shape index (κ3) is 5.09. The van der Waals surface area contributed by atoms with Gasteiger partial charge in [-0.25, -0.2) is 13.2 Å². The molecule has 9 heteroatoms. The molecule has 8 nitrogen and oxygen atoms in total. The van der Waals surface area contributed by atoms with Crippen LogP contribution in [-0.2, 0) is 14.8 Å². The number of amides is 2. The van der Waals surface area contributed by atoms with Crippen molar-refractivity contribution in [1.82, 2.24) is 9.80 Å². The maximum Gasteiger partial charge on any atom is 0.409 e. The van der Waals surface area contributed by atoms with E-state index in [-0.39, 0.29) is 12.0 Å². The van der Waals surface area contributed by atoms with Gasteiger partial charge in [0, 0.05) is 31.7 Å². The highest BCUT2D eigenvalue weighted by molar-refractivity contribution is 7.92. The van der Waals surface area contributed by atoms with Crippen LogP contribution in [0.3, 0.4) is 0 Å². The van der Waals surface area contributed by atoms with Crippen LogP contribution in [0, 0.1) is 6.92 Å². The van der Waals surface area contributed by atoms with Gasteiger partial charge in [0.25, 0.3) is 5.91 Å². The molecule has 1 aliphatic rings. The molecule has 1 heterocycles. The van der Waals surface area contributed by atoms with Crippen molar-refractivity contribution in [2.75, 3.05) is 43.8 Å². The smallest absolute Gasteiger partial charge is 0.409 e. The van der Waals surface area contributed by atoms with E-state index in [4.69, 9.17) is 4.74 Å². The van der Waals surface area contributed by atoms with Gasteiger partial charge >= 0.3 is 6.09 Å². The number of anilines is 1. The van der Waals surface area contributed by atoms with Crippen LogP contribution in [0.15, 0.2) is 18.2 Å². The maximum absolute atomic E-state index is 12.6. The average Bonchev–Trinajstić information content (AvgIpc) is 2.55. The predicted octanol–water partition coefficient (Wildman–Crippen LogP) is 1.28. The van der Waals surface area contributed by atoms with E-state index in [2.05, 4.69) is 4.72 Å². The van der Waals surface area contributed by atoms with E-state index in [0.29, 0.717) is 49.6 Å². The Hall–Kier alpha value is -2.29. The van der Waals surface area contributed by atoms with Crippen LogP contribution in [0.2, 0.25) is 0 Å². The summed E-state index contributed by atoms with van der Waals surface area (Å²) in [7, 11) is -3.37. The van der Waals surface area contributed by atoms with Gasteiger partial charge in [0.2, 0.25) is 10.0 Å². The van der Waals surface area contributed by atoms with Gasteiger partial charge < -0.3 is 14.5 Å². The minimum Gasteiger partial charge on any atom is -0.450 e. The lowest BCUT2D eigenvalue weighted by atomic mass is 10.1. The van der Waals surface area contributed by atoms with Gasteiger partial charge in [-0.1, -0.05) is 0 Å². The van der Waals surface area contributed by atoms with Crippen LogP contribution >= 0.6 is 0 Å². The largest absolute Gasteiger partial charge is 0.450 e. The zero-order chi connectivity index (χ0) is 18.6. The number of piperazine rings is 1. The Bertz CT molecular complexity index is 755. The van der Waals surface area contributed by atoms with Crippen molar-refractivity contribution in [3.63, 3.8) is 0 Å². The van der Waals surface area contributed by atoms with E-state index >= 15 is 0 Å². The Balaban J connectivity index is 2.02. The molecule has 2 amide bonds. The second-order valence-electron chi connectivity index (χ2n) is 5.88. The van der Waals surface area contributed by atoms with E-state index in [1.54, 1.807) is 41.8 Å². The molecule has 0 atom stereocenters. The molecule has 1 aliphatic heterocycles. The third-order valence-electron chi connectivity index (χ3n) is 3.86. The number of benzene rings is 1. The second-order valence-corrected chi connectivity index (χ2v) is 7.63. The van der Waals surface area contributed by atoms with Crippen molar-refractivity contribution in [3.05, 3.63) is 29.3 Å². The number of hydrogen-bond donors (Lipinski definition) is 1. The number of sulfonamides is 1. The quantitative estimate of drug-likeness (QED) is 0.862. The van der Waals surface area contributed by atoms with Crippen molar-refractivity contribution in [1.29, 1.82) is 0 Å². The van der Waals surface area contributed by atoms with Crippen LogP contribution < -0.4 is 4.72 Å². The third-order valence-corrected chi connectivity index (χ3v) is 4.45. The van der Waals surface area contributed by atoms with Gasteiger partial charge in [-0.3, -0.25) is 9.52 Å². The number of ether oxygens (including phenoxy) is 1. The summed E-state index contributed by atoms with van der Waals surface area (Å²) in [5.41, 5.74) is 1.61. The van der Waals surface area contributed by atoms with Crippen LogP contribution in [0.25, 0.3) is 0 Å². The highest BCUT2D eigenvalue weighted by Gasteiger charge is 2.25. The van der Waals surface area contributed by atoms with Crippen LogP contribution in [0.5, 0.6) is 0 Å². The highest BCUT2D eigenvalue weighted by atomic mass is 32.2. The predicted molar refractivity (Wildman–Crippen MR) is 94.1 cm³/mol. The number of carbonyl (C=O) groups is 2. The Morgan fingerprint density at radius 2 is 1.76 bits per heavy atom. The minimum atomic E-state index is -3.37. The Morgan fingerprint density at radius 1 is 1.16 bits per heavy atom. The van der Waals surface area contributed by atoms with Gasteiger partial charge in [-0.05, 0) is 37.6 Å². The van der Waals surface area contributed by atoms with E-state index in [0.717, 1.165) is 6.26 Å². The standard InChI is InChI=1S/C16H23N3O5S/c1-4-24-16(21)19-9-7-18(8-10-19)15(20)13-5-6-14(12(2)11-13)17-25(3,22)23/h5-6,11,17H,4,7-10H2,1-3H3. The Kier molecular flexibility index (Phi) is 5.89. The molecule has 1 aromatic carbocycles. The summed E-state index contributed by atoms with van der Waals surface area (Å²) in [5.74, 6) is -0.141. The van der Waals surface area contributed by atoms with Gasteiger partial charge in [0.15, 0.2) is 0 Å². The number of aryl methyl sites for hydroxylation is 1. The molecule has 2 rings (SSSR count). The zero-order valence-electron chi connectivity index (χ0n) is 14.6. The number of nitrogens with one attached hydrogen (secondary N) is 1. The van der Waals surface area contributed by atoms with Crippen molar-refractivity contribution in [2.45, 2.75) is 13.8 Å².